The summed E-state index contributed by atoms with van der Waals surface area (Å²) in [7, 11) is 0. The molecule has 0 saturated heterocycles. The van der Waals surface area contributed by atoms with Crippen LogP contribution in [0.15, 0.2) is 29.6 Å². The van der Waals surface area contributed by atoms with Crippen molar-refractivity contribution in [1.29, 1.82) is 0 Å². The van der Waals surface area contributed by atoms with Crippen LogP contribution in [0.25, 0.3) is 21.3 Å². The van der Waals surface area contributed by atoms with Crippen molar-refractivity contribution < 1.29 is 10.2 Å². The van der Waals surface area contributed by atoms with Crippen molar-refractivity contribution >= 4 is 27.2 Å². The van der Waals surface area contributed by atoms with E-state index in [-0.39, 0.29) is 5.75 Å². The molecule has 3 N–H and O–H groups in total. The number of anilines is 1. The molecule has 0 aliphatic rings. The molecule has 2 heterocycles. The predicted molar refractivity (Wildman–Crippen MR) is 89.4 cm³/mol. The van der Waals surface area contributed by atoms with Crippen molar-refractivity contribution in [3.63, 3.8) is 0 Å². The molecular formula is C16H17N3O2S. The van der Waals surface area contributed by atoms with Gasteiger partial charge >= 0.3 is 0 Å². The van der Waals surface area contributed by atoms with Crippen LogP contribution in [-0.2, 0) is 0 Å². The normalized spacial score (nSPS) is 12.5. The van der Waals surface area contributed by atoms with Gasteiger partial charge in [0, 0.05) is 22.2 Å². The van der Waals surface area contributed by atoms with Crippen LogP contribution in [-0.4, -0.2) is 33.1 Å². The fourth-order valence-electron chi connectivity index (χ4n) is 2.31. The van der Waals surface area contributed by atoms with Gasteiger partial charge in [-0.15, -0.1) is 21.5 Å². The Bertz CT molecular complexity index is 814. The Hall–Kier alpha value is -2.18. The van der Waals surface area contributed by atoms with Gasteiger partial charge < -0.3 is 15.5 Å². The first-order valence-corrected chi connectivity index (χ1v) is 7.90. The number of aryl methyl sites for hydroxylation is 1. The lowest BCUT2D eigenvalue weighted by Gasteiger charge is -2.11. The maximum Gasteiger partial charge on any atom is 0.149 e. The van der Waals surface area contributed by atoms with E-state index in [1.54, 1.807) is 18.3 Å². The van der Waals surface area contributed by atoms with Crippen molar-refractivity contribution in [2.75, 3.05) is 11.9 Å². The second-order valence-corrected chi connectivity index (χ2v) is 6.23. The van der Waals surface area contributed by atoms with E-state index in [4.69, 9.17) is 0 Å². The number of fused-ring (bicyclic) bond motifs is 1. The fourth-order valence-corrected chi connectivity index (χ4v) is 3.10. The van der Waals surface area contributed by atoms with Gasteiger partial charge in [-0.1, -0.05) is 0 Å². The zero-order chi connectivity index (χ0) is 15.7. The number of nitrogens with one attached hydrogen (secondary N) is 1. The molecule has 0 amide bonds. The van der Waals surface area contributed by atoms with E-state index in [2.05, 4.69) is 15.5 Å². The maximum atomic E-state index is 10.5. The van der Waals surface area contributed by atoms with Crippen molar-refractivity contribution in [3.05, 3.63) is 35.2 Å². The van der Waals surface area contributed by atoms with Gasteiger partial charge in [0.05, 0.1) is 11.8 Å². The second-order valence-electron chi connectivity index (χ2n) is 5.29. The standard InChI is InChI=1S/C16H17N3O2S/c1-9-7-14(17-8-10(2)20)18-19-15(9)12-3-4-13-11(16(12)21)5-6-22-13/h3-7,10,20-21H,8H2,1-2H3,(H,17,18). The van der Waals surface area contributed by atoms with Crippen molar-refractivity contribution in [2.45, 2.75) is 20.0 Å². The Morgan fingerprint density at radius 1 is 1.27 bits per heavy atom. The summed E-state index contributed by atoms with van der Waals surface area (Å²) in [5.74, 6) is 0.846. The summed E-state index contributed by atoms with van der Waals surface area (Å²) < 4.78 is 1.04. The molecule has 5 nitrogen and oxygen atoms in total. The quantitative estimate of drug-likeness (QED) is 0.689. The van der Waals surface area contributed by atoms with Gasteiger partial charge in [0.15, 0.2) is 0 Å². The zero-order valence-corrected chi connectivity index (χ0v) is 13.2. The van der Waals surface area contributed by atoms with Crippen molar-refractivity contribution in [2.24, 2.45) is 0 Å². The van der Waals surface area contributed by atoms with Crippen molar-refractivity contribution in [3.8, 4) is 17.0 Å². The van der Waals surface area contributed by atoms with Crippen LogP contribution >= 0.6 is 11.3 Å². The topological polar surface area (TPSA) is 78.3 Å². The van der Waals surface area contributed by atoms with Gasteiger partial charge in [-0.25, -0.2) is 0 Å². The summed E-state index contributed by atoms with van der Waals surface area (Å²) in [4.78, 5) is 0. The lowest BCUT2D eigenvalue weighted by atomic mass is 10.0. The van der Waals surface area contributed by atoms with E-state index < -0.39 is 6.10 Å². The smallest absolute Gasteiger partial charge is 0.149 e. The van der Waals surface area contributed by atoms with Gasteiger partial charge in [0.25, 0.3) is 0 Å². The molecule has 0 saturated carbocycles. The highest BCUT2D eigenvalue weighted by atomic mass is 32.1. The van der Waals surface area contributed by atoms with E-state index in [0.717, 1.165) is 15.6 Å². The number of aliphatic hydroxyl groups is 1. The first-order chi connectivity index (χ1) is 10.6. The average molecular weight is 315 g/mol. The first-order valence-electron chi connectivity index (χ1n) is 7.02. The van der Waals surface area contributed by atoms with Gasteiger partial charge in [-0.05, 0) is 49.1 Å². The Balaban J connectivity index is 1.98. The summed E-state index contributed by atoms with van der Waals surface area (Å²) >= 11 is 1.59. The summed E-state index contributed by atoms with van der Waals surface area (Å²) in [6, 6.07) is 7.62. The summed E-state index contributed by atoms with van der Waals surface area (Å²) in [5.41, 5.74) is 2.25. The third-order valence-corrected chi connectivity index (χ3v) is 4.31. The molecule has 22 heavy (non-hydrogen) atoms. The molecule has 0 radical (unpaired) electrons. The molecule has 3 aromatic rings. The van der Waals surface area contributed by atoms with Crippen LogP contribution in [0.2, 0.25) is 0 Å². The molecule has 6 heteroatoms. The van der Waals surface area contributed by atoms with Gasteiger partial charge in [-0.2, -0.15) is 0 Å². The molecule has 1 atom stereocenters. The maximum absolute atomic E-state index is 10.5. The molecule has 0 spiro atoms. The van der Waals surface area contributed by atoms with Crippen LogP contribution in [0.3, 0.4) is 0 Å². The van der Waals surface area contributed by atoms with Crippen LogP contribution in [0.1, 0.15) is 12.5 Å². The largest absolute Gasteiger partial charge is 0.507 e. The highest BCUT2D eigenvalue weighted by Crippen LogP contribution is 2.38. The molecule has 0 aliphatic carbocycles. The molecular weight excluding hydrogens is 298 g/mol. The number of nitrogens with zero attached hydrogens (tertiary/aromatic N) is 2. The van der Waals surface area contributed by atoms with E-state index in [1.807, 2.05) is 36.6 Å². The molecule has 3 rings (SSSR count). The molecule has 0 fully saturated rings. The van der Waals surface area contributed by atoms with Crippen LogP contribution in [0.5, 0.6) is 5.75 Å². The summed E-state index contributed by atoms with van der Waals surface area (Å²) in [6.07, 6.45) is -0.452. The third kappa shape index (κ3) is 2.75. The Labute approximate surface area is 132 Å². The van der Waals surface area contributed by atoms with Crippen LogP contribution in [0, 0.1) is 6.92 Å². The predicted octanol–water partition coefficient (Wildman–Crippen LogP) is 3.17. The second kappa shape index (κ2) is 5.90. The Morgan fingerprint density at radius 2 is 2.09 bits per heavy atom. The fraction of sp³-hybridized carbons (Fsp3) is 0.250. The van der Waals surface area contributed by atoms with Crippen LogP contribution < -0.4 is 5.32 Å². The van der Waals surface area contributed by atoms with E-state index in [1.165, 1.54) is 0 Å². The molecule has 2 aromatic heterocycles. The number of aromatic hydroxyl groups is 1. The molecule has 114 valence electrons. The number of thiophene rings is 1. The van der Waals surface area contributed by atoms with E-state index in [9.17, 15) is 10.2 Å². The van der Waals surface area contributed by atoms with Gasteiger partial charge in [0.2, 0.25) is 0 Å². The number of phenolic OH excluding ortho intramolecular Hbond substituents is 1. The number of hydrogen-bond acceptors (Lipinski definition) is 6. The summed E-state index contributed by atoms with van der Waals surface area (Å²) in [5, 5.41) is 33.9. The molecule has 1 unspecified atom stereocenters. The number of rotatable bonds is 4. The number of phenols is 1. The average Bonchev–Trinajstić information content (AvgIpc) is 2.96. The minimum absolute atomic E-state index is 0.237. The highest BCUT2D eigenvalue weighted by Gasteiger charge is 2.13. The Morgan fingerprint density at radius 3 is 2.82 bits per heavy atom. The highest BCUT2D eigenvalue weighted by molar-refractivity contribution is 7.17. The Kier molecular flexibility index (Phi) is 3.96. The lowest BCUT2D eigenvalue weighted by Crippen LogP contribution is -2.16. The molecule has 1 aromatic carbocycles. The van der Waals surface area contributed by atoms with Gasteiger partial charge in [0.1, 0.15) is 11.6 Å². The molecule has 0 bridgehead atoms. The van der Waals surface area contributed by atoms with Gasteiger partial charge in [-0.3, -0.25) is 0 Å². The lowest BCUT2D eigenvalue weighted by molar-refractivity contribution is 0.208. The number of benzene rings is 1. The van der Waals surface area contributed by atoms with E-state index in [0.29, 0.717) is 23.6 Å². The number of aromatic nitrogens is 2. The first kappa shape index (κ1) is 14.7. The molecule has 0 aliphatic heterocycles. The van der Waals surface area contributed by atoms with Crippen LogP contribution in [0.4, 0.5) is 5.82 Å². The zero-order valence-electron chi connectivity index (χ0n) is 12.4. The van der Waals surface area contributed by atoms with Crippen molar-refractivity contribution in [1.82, 2.24) is 10.2 Å². The number of hydrogen-bond donors (Lipinski definition) is 3. The minimum Gasteiger partial charge on any atom is -0.507 e. The third-order valence-electron chi connectivity index (χ3n) is 3.42. The number of aliphatic hydroxyl groups excluding tert-OH is 1. The minimum atomic E-state index is -0.452. The van der Waals surface area contributed by atoms with E-state index >= 15 is 0 Å². The SMILES string of the molecule is Cc1cc(NCC(C)O)nnc1-c1ccc2sccc2c1O. The monoisotopic (exact) mass is 315 g/mol. The summed E-state index contributed by atoms with van der Waals surface area (Å²) in [6.45, 7) is 4.05.